The number of benzene rings is 1. The van der Waals surface area contributed by atoms with Crippen LogP contribution in [0.4, 0.5) is 0 Å². The average molecular weight is 248 g/mol. The SMILES string of the molecule is CC(=O)c1cc2c(c(C)c1O)OC(C)(C)CC2C. The van der Waals surface area contributed by atoms with E-state index in [1.807, 2.05) is 13.8 Å². The second kappa shape index (κ2) is 4.01. The molecule has 1 aromatic rings. The van der Waals surface area contributed by atoms with Gasteiger partial charge in [-0.25, -0.2) is 0 Å². The summed E-state index contributed by atoms with van der Waals surface area (Å²) < 4.78 is 5.96. The van der Waals surface area contributed by atoms with E-state index < -0.39 is 0 Å². The molecule has 0 aliphatic carbocycles. The Kier molecular flexibility index (Phi) is 2.88. The van der Waals surface area contributed by atoms with Crippen LogP contribution in [-0.4, -0.2) is 16.5 Å². The van der Waals surface area contributed by atoms with Gasteiger partial charge >= 0.3 is 0 Å². The molecular formula is C15H20O3. The Bertz CT molecular complexity index is 515. The number of ether oxygens (including phenoxy) is 1. The van der Waals surface area contributed by atoms with Crippen molar-refractivity contribution in [3.8, 4) is 11.5 Å². The van der Waals surface area contributed by atoms with Crippen LogP contribution < -0.4 is 4.74 Å². The van der Waals surface area contributed by atoms with Gasteiger partial charge in [0.15, 0.2) is 5.78 Å². The maximum absolute atomic E-state index is 11.5. The molecule has 0 bridgehead atoms. The van der Waals surface area contributed by atoms with E-state index in [0.29, 0.717) is 17.0 Å². The average Bonchev–Trinajstić information content (AvgIpc) is 2.22. The molecule has 2 rings (SSSR count). The number of hydrogen-bond donors (Lipinski definition) is 1. The van der Waals surface area contributed by atoms with Crippen molar-refractivity contribution in [3.05, 3.63) is 22.8 Å². The van der Waals surface area contributed by atoms with Gasteiger partial charge in [-0.15, -0.1) is 0 Å². The van der Waals surface area contributed by atoms with Crippen LogP contribution in [-0.2, 0) is 0 Å². The predicted octanol–water partition coefficient (Wildman–Crippen LogP) is 3.57. The third-order valence-corrected chi connectivity index (χ3v) is 3.60. The molecule has 0 radical (unpaired) electrons. The van der Waals surface area contributed by atoms with Gasteiger partial charge in [-0.2, -0.15) is 0 Å². The van der Waals surface area contributed by atoms with Gasteiger partial charge in [0.2, 0.25) is 0 Å². The van der Waals surface area contributed by atoms with Crippen molar-refractivity contribution in [3.63, 3.8) is 0 Å². The molecule has 1 atom stereocenters. The summed E-state index contributed by atoms with van der Waals surface area (Å²) in [6.07, 6.45) is 0.904. The number of phenols is 1. The highest BCUT2D eigenvalue weighted by Gasteiger charge is 2.34. The van der Waals surface area contributed by atoms with Crippen molar-refractivity contribution in [2.24, 2.45) is 0 Å². The van der Waals surface area contributed by atoms with E-state index >= 15 is 0 Å². The summed E-state index contributed by atoms with van der Waals surface area (Å²) >= 11 is 0. The normalized spacial score (nSPS) is 21.1. The summed E-state index contributed by atoms with van der Waals surface area (Å²) in [5.74, 6) is 0.990. The van der Waals surface area contributed by atoms with Crippen molar-refractivity contribution in [1.82, 2.24) is 0 Å². The highest BCUT2D eigenvalue weighted by molar-refractivity contribution is 5.97. The predicted molar refractivity (Wildman–Crippen MR) is 70.6 cm³/mol. The maximum Gasteiger partial charge on any atom is 0.163 e. The molecule has 3 nitrogen and oxygen atoms in total. The highest BCUT2D eigenvalue weighted by Crippen LogP contribution is 2.46. The second-order valence-corrected chi connectivity index (χ2v) is 5.84. The van der Waals surface area contributed by atoms with Crippen molar-refractivity contribution in [2.45, 2.75) is 52.6 Å². The fraction of sp³-hybridized carbons (Fsp3) is 0.533. The number of aromatic hydroxyl groups is 1. The summed E-state index contributed by atoms with van der Waals surface area (Å²) in [5.41, 5.74) is 1.84. The van der Waals surface area contributed by atoms with Gasteiger partial charge in [0.05, 0.1) is 5.56 Å². The van der Waals surface area contributed by atoms with Crippen LogP contribution in [0, 0.1) is 6.92 Å². The largest absolute Gasteiger partial charge is 0.507 e. The lowest BCUT2D eigenvalue weighted by Gasteiger charge is -2.37. The van der Waals surface area contributed by atoms with Crippen molar-refractivity contribution >= 4 is 5.78 Å². The minimum absolute atomic E-state index is 0.0474. The molecule has 0 amide bonds. The Morgan fingerprint density at radius 3 is 2.67 bits per heavy atom. The van der Waals surface area contributed by atoms with Crippen LogP contribution in [0.2, 0.25) is 0 Å². The first-order valence-electron chi connectivity index (χ1n) is 6.29. The van der Waals surface area contributed by atoms with Crippen molar-refractivity contribution in [2.75, 3.05) is 0 Å². The molecule has 0 fully saturated rings. The van der Waals surface area contributed by atoms with E-state index in [1.165, 1.54) is 6.92 Å². The topological polar surface area (TPSA) is 46.5 Å². The molecule has 3 heteroatoms. The minimum Gasteiger partial charge on any atom is -0.507 e. The monoisotopic (exact) mass is 248 g/mol. The zero-order chi connectivity index (χ0) is 13.7. The second-order valence-electron chi connectivity index (χ2n) is 5.84. The van der Waals surface area contributed by atoms with Gasteiger partial charge in [0.25, 0.3) is 0 Å². The van der Waals surface area contributed by atoms with Gasteiger partial charge in [-0.05, 0) is 51.7 Å². The fourth-order valence-corrected chi connectivity index (χ4v) is 2.75. The van der Waals surface area contributed by atoms with Crippen LogP contribution >= 0.6 is 0 Å². The smallest absolute Gasteiger partial charge is 0.163 e. The van der Waals surface area contributed by atoms with Crippen LogP contribution in [0.1, 0.15) is 61.5 Å². The van der Waals surface area contributed by atoms with E-state index in [4.69, 9.17) is 4.74 Å². The molecular weight excluding hydrogens is 228 g/mol. The number of phenolic OH excluding ortho intramolecular Hbond substituents is 1. The molecule has 1 aromatic carbocycles. The summed E-state index contributed by atoms with van der Waals surface area (Å²) in [7, 11) is 0. The molecule has 1 heterocycles. The number of carbonyl (C=O) groups excluding carboxylic acids is 1. The number of Topliss-reactive ketones (excluding diaryl/α,β-unsaturated/α-hetero) is 1. The minimum atomic E-state index is -0.235. The number of fused-ring (bicyclic) bond motifs is 1. The number of rotatable bonds is 1. The Morgan fingerprint density at radius 2 is 2.11 bits per heavy atom. The zero-order valence-electron chi connectivity index (χ0n) is 11.6. The molecule has 0 saturated carbocycles. The van der Waals surface area contributed by atoms with Gasteiger partial charge in [0.1, 0.15) is 17.1 Å². The summed E-state index contributed by atoms with van der Waals surface area (Å²) in [5, 5.41) is 10.1. The van der Waals surface area contributed by atoms with Crippen molar-refractivity contribution < 1.29 is 14.6 Å². The molecule has 18 heavy (non-hydrogen) atoms. The fourth-order valence-electron chi connectivity index (χ4n) is 2.75. The molecule has 98 valence electrons. The molecule has 0 spiro atoms. The molecule has 1 aliphatic heterocycles. The van der Waals surface area contributed by atoms with Gasteiger partial charge in [-0.3, -0.25) is 4.79 Å². The number of ketones is 1. The quantitative estimate of drug-likeness (QED) is 0.773. The maximum atomic E-state index is 11.5. The van der Waals surface area contributed by atoms with E-state index in [1.54, 1.807) is 13.0 Å². The highest BCUT2D eigenvalue weighted by atomic mass is 16.5. The molecule has 0 saturated heterocycles. The Labute approximate surface area is 108 Å². The summed E-state index contributed by atoms with van der Waals surface area (Å²) in [4.78, 5) is 11.5. The number of carbonyl (C=O) groups is 1. The molecule has 1 N–H and O–H groups in total. The Hall–Kier alpha value is -1.51. The van der Waals surface area contributed by atoms with Gasteiger partial charge in [0, 0.05) is 5.56 Å². The van der Waals surface area contributed by atoms with E-state index in [0.717, 1.165) is 17.7 Å². The lowest BCUT2D eigenvalue weighted by atomic mass is 9.83. The van der Waals surface area contributed by atoms with E-state index in [2.05, 4.69) is 6.92 Å². The summed E-state index contributed by atoms with van der Waals surface area (Å²) in [6, 6.07) is 1.78. The van der Waals surface area contributed by atoms with Gasteiger partial charge in [-0.1, -0.05) is 6.92 Å². The first kappa shape index (κ1) is 12.9. The van der Waals surface area contributed by atoms with Crippen LogP contribution in [0.15, 0.2) is 6.07 Å². The van der Waals surface area contributed by atoms with Crippen LogP contribution in [0.5, 0.6) is 11.5 Å². The first-order valence-corrected chi connectivity index (χ1v) is 6.29. The lowest BCUT2D eigenvalue weighted by Crippen LogP contribution is -2.34. The van der Waals surface area contributed by atoms with E-state index in [-0.39, 0.29) is 17.1 Å². The standard InChI is InChI=1S/C15H20O3/c1-8-7-15(4,5)18-14-9(2)13(17)12(10(3)16)6-11(8)14/h6,8,17H,7H2,1-5H3. The molecule has 1 aliphatic rings. The lowest BCUT2D eigenvalue weighted by molar-refractivity contribution is 0.0732. The zero-order valence-corrected chi connectivity index (χ0v) is 11.6. The first-order chi connectivity index (χ1) is 8.23. The van der Waals surface area contributed by atoms with Crippen LogP contribution in [0.25, 0.3) is 0 Å². The molecule has 1 unspecified atom stereocenters. The third kappa shape index (κ3) is 1.98. The number of hydrogen-bond acceptors (Lipinski definition) is 3. The van der Waals surface area contributed by atoms with Gasteiger partial charge < -0.3 is 9.84 Å². The Morgan fingerprint density at radius 1 is 1.50 bits per heavy atom. The molecule has 0 aromatic heterocycles. The van der Waals surface area contributed by atoms with Crippen LogP contribution in [0.3, 0.4) is 0 Å². The van der Waals surface area contributed by atoms with E-state index in [9.17, 15) is 9.90 Å². The Balaban J connectivity index is 2.66. The third-order valence-electron chi connectivity index (χ3n) is 3.60. The van der Waals surface area contributed by atoms with Crippen molar-refractivity contribution in [1.29, 1.82) is 0 Å². The summed E-state index contributed by atoms with van der Waals surface area (Å²) in [6.45, 7) is 9.49.